The number of ether oxygens (including phenoxy) is 1. The highest BCUT2D eigenvalue weighted by Crippen LogP contribution is 2.25. The van der Waals surface area contributed by atoms with Crippen LogP contribution in [0.25, 0.3) is 0 Å². The summed E-state index contributed by atoms with van der Waals surface area (Å²) in [6, 6.07) is 5.92. The molecular formula is C12H17Cl2NO. The van der Waals surface area contributed by atoms with Crippen LogP contribution < -0.4 is 5.32 Å². The lowest BCUT2D eigenvalue weighted by molar-refractivity contribution is 0.196. The van der Waals surface area contributed by atoms with Gasteiger partial charge >= 0.3 is 0 Å². The molecule has 0 saturated heterocycles. The quantitative estimate of drug-likeness (QED) is 0.795. The maximum Gasteiger partial charge on any atom is 0.0587 e. The highest BCUT2D eigenvalue weighted by atomic mass is 35.5. The molecule has 1 aromatic carbocycles. The van der Waals surface area contributed by atoms with Gasteiger partial charge in [-0.25, -0.2) is 0 Å². The van der Waals surface area contributed by atoms with Crippen LogP contribution in [0.15, 0.2) is 18.2 Å². The minimum Gasteiger partial charge on any atom is -0.383 e. The Kier molecular flexibility index (Phi) is 6.14. The van der Waals surface area contributed by atoms with Crippen molar-refractivity contribution in [1.29, 1.82) is 0 Å². The highest BCUT2D eigenvalue weighted by Gasteiger charge is 2.09. The molecule has 1 N–H and O–H groups in total. The zero-order chi connectivity index (χ0) is 12.0. The molecule has 0 spiro atoms. The zero-order valence-electron chi connectivity index (χ0n) is 9.59. The normalized spacial score (nSPS) is 12.8. The number of hydrogen-bond acceptors (Lipinski definition) is 2. The van der Waals surface area contributed by atoms with Crippen molar-refractivity contribution in [2.75, 3.05) is 20.3 Å². The summed E-state index contributed by atoms with van der Waals surface area (Å²) in [6.45, 7) is 3.65. The summed E-state index contributed by atoms with van der Waals surface area (Å²) in [5.41, 5.74) is 1.00. The summed E-state index contributed by atoms with van der Waals surface area (Å²) in [5, 5.41) is 4.80. The Hall–Kier alpha value is -0.280. The molecule has 0 aliphatic heterocycles. The average molecular weight is 262 g/mol. The molecule has 0 heterocycles. The van der Waals surface area contributed by atoms with Crippen LogP contribution in [0.5, 0.6) is 0 Å². The van der Waals surface area contributed by atoms with Crippen LogP contribution in [0, 0.1) is 0 Å². The van der Waals surface area contributed by atoms with E-state index in [0.29, 0.717) is 12.6 Å². The molecule has 0 aliphatic carbocycles. The van der Waals surface area contributed by atoms with E-state index in [0.717, 1.165) is 28.6 Å². The van der Waals surface area contributed by atoms with Crippen molar-refractivity contribution in [3.63, 3.8) is 0 Å². The first-order valence-electron chi connectivity index (χ1n) is 5.30. The zero-order valence-corrected chi connectivity index (χ0v) is 11.1. The van der Waals surface area contributed by atoms with E-state index in [4.69, 9.17) is 27.9 Å². The second-order valence-corrected chi connectivity index (χ2v) is 4.57. The fourth-order valence-electron chi connectivity index (χ4n) is 1.51. The smallest absolute Gasteiger partial charge is 0.0587 e. The number of benzene rings is 1. The van der Waals surface area contributed by atoms with Crippen molar-refractivity contribution in [3.05, 3.63) is 33.8 Å². The number of nitrogens with one attached hydrogen (secondary N) is 1. The van der Waals surface area contributed by atoms with Crippen molar-refractivity contribution in [3.8, 4) is 0 Å². The number of rotatable bonds is 6. The maximum atomic E-state index is 6.10. The summed E-state index contributed by atoms with van der Waals surface area (Å²) in [7, 11) is 1.69. The number of hydrogen-bond donors (Lipinski definition) is 1. The third-order valence-electron chi connectivity index (χ3n) is 2.37. The van der Waals surface area contributed by atoms with Gasteiger partial charge in [0.15, 0.2) is 0 Å². The second-order valence-electron chi connectivity index (χ2n) is 3.75. The first-order valence-corrected chi connectivity index (χ1v) is 6.06. The van der Waals surface area contributed by atoms with Gasteiger partial charge in [-0.2, -0.15) is 0 Å². The Morgan fingerprint density at radius 3 is 2.50 bits per heavy atom. The number of halogens is 2. The van der Waals surface area contributed by atoms with Crippen molar-refractivity contribution in [2.24, 2.45) is 0 Å². The van der Waals surface area contributed by atoms with Gasteiger partial charge in [0.05, 0.1) is 6.61 Å². The predicted molar refractivity (Wildman–Crippen MR) is 69.5 cm³/mol. The van der Waals surface area contributed by atoms with Gasteiger partial charge in [0.2, 0.25) is 0 Å². The van der Waals surface area contributed by atoms with Crippen LogP contribution in [0.2, 0.25) is 10.0 Å². The Morgan fingerprint density at radius 2 is 1.94 bits per heavy atom. The van der Waals surface area contributed by atoms with Gasteiger partial charge in [0.1, 0.15) is 0 Å². The molecule has 0 radical (unpaired) electrons. The largest absolute Gasteiger partial charge is 0.383 e. The van der Waals surface area contributed by atoms with Crippen molar-refractivity contribution in [2.45, 2.75) is 19.4 Å². The van der Waals surface area contributed by atoms with Gasteiger partial charge in [-0.05, 0) is 31.0 Å². The van der Waals surface area contributed by atoms with Gasteiger partial charge in [0.25, 0.3) is 0 Å². The van der Waals surface area contributed by atoms with E-state index in [1.54, 1.807) is 7.11 Å². The molecule has 0 amide bonds. The molecular weight excluding hydrogens is 245 g/mol. The van der Waals surface area contributed by atoms with E-state index < -0.39 is 0 Å². The molecule has 0 saturated carbocycles. The third kappa shape index (κ3) is 4.30. The van der Waals surface area contributed by atoms with Crippen LogP contribution in [-0.2, 0) is 11.2 Å². The summed E-state index contributed by atoms with van der Waals surface area (Å²) >= 11 is 12.2. The fraction of sp³-hybridized carbons (Fsp3) is 0.500. The average Bonchev–Trinajstić information content (AvgIpc) is 2.24. The molecule has 16 heavy (non-hydrogen) atoms. The summed E-state index contributed by atoms with van der Waals surface area (Å²) < 4.78 is 4.98. The minimum atomic E-state index is 0.326. The molecule has 0 aliphatic rings. The van der Waals surface area contributed by atoms with Crippen LogP contribution in [-0.4, -0.2) is 26.3 Å². The standard InChI is InChI=1S/C12H17Cl2NO/c1-9(15-6-7-16-2)8-10-11(13)4-3-5-12(10)14/h3-5,9,15H,6-8H2,1-2H3. The lowest BCUT2D eigenvalue weighted by atomic mass is 10.1. The van der Waals surface area contributed by atoms with E-state index in [9.17, 15) is 0 Å². The molecule has 1 rings (SSSR count). The second kappa shape index (κ2) is 7.13. The Bertz CT molecular complexity index is 311. The lowest BCUT2D eigenvalue weighted by Gasteiger charge is -2.15. The van der Waals surface area contributed by atoms with Gasteiger partial charge in [0, 0.05) is 29.7 Å². The SMILES string of the molecule is COCCNC(C)Cc1c(Cl)cccc1Cl. The lowest BCUT2D eigenvalue weighted by Crippen LogP contribution is -2.31. The monoisotopic (exact) mass is 261 g/mol. The van der Waals surface area contributed by atoms with Crippen LogP contribution in [0.1, 0.15) is 12.5 Å². The molecule has 2 nitrogen and oxygen atoms in total. The molecule has 0 aromatic heterocycles. The summed E-state index contributed by atoms with van der Waals surface area (Å²) in [6.07, 6.45) is 0.822. The van der Waals surface area contributed by atoms with Crippen LogP contribution in [0.4, 0.5) is 0 Å². The van der Waals surface area contributed by atoms with E-state index in [1.807, 2.05) is 18.2 Å². The van der Waals surface area contributed by atoms with Crippen LogP contribution in [0.3, 0.4) is 0 Å². The molecule has 90 valence electrons. The van der Waals surface area contributed by atoms with Gasteiger partial charge in [-0.1, -0.05) is 29.3 Å². The Morgan fingerprint density at radius 1 is 1.31 bits per heavy atom. The highest BCUT2D eigenvalue weighted by molar-refractivity contribution is 6.35. The van der Waals surface area contributed by atoms with Gasteiger partial charge in [-0.15, -0.1) is 0 Å². The predicted octanol–water partition coefficient (Wildman–Crippen LogP) is 3.16. The van der Waals surface area contributed by atoms with Gasteiger partial charge < -0.3 is 10.1 Å². The first-order chi connectivity index (χ1) is 7.65. The number of methoxy groups -OCH3 is 1. The van der Waals surface area contributed by atoms with Crippen molar-refractivity contribution >= 4 is 23.2 Å². The molecule has 0 fully saturated rings. The minimum absolute atomic E-state index is 0.326. The topological polar surface area (TPSA) is 21.3 Å². The van der Waals surface area contributed by atoms with Gasteiger partial charge in [-0.3, -0.25) is 0 Å². The van der Waals surface area contributed by atoms with Crippen molar-refractivity contribution in [1.82, 2.24) is 5.32 Å². The fourth-order valence-corrected chi connectivity index (χ4v) is 2.06. The first kappa shape index (κ1) is 13.8. The summed E-state index contributed by atoms with van der Waals surface area (Å²) in [5.74, 6) is 0. The van der Waals surface area contributed by atoms with E-state index in [1.165, 1.54) is 0 Å². The third-order valence-corrected chi connectivity index (χ3v) is 3.08. The molecule has 1 atom stereocenters. The van der Waals surface area contributed by atoms with Crippen molar-refractivity contribution < 1.29 is 4.74 Å². The summed E-state index contributed by atoms with van der Waals surface area (Å²) in [4.78, 5) is 0. The molecule has 0 bridgehead atoms. The molecule has 4 heteroatoms. The van der Waals surface area contributed by atoms with E-state index in [-0.39, 0.29) is 0 Å². The van der Waals surface area contributed by atoms with E-state index >= 15 is 0 Å². The molecule has 1 aromatic rings. The maximum absolute atomic E-state index is 6.10. The van der Waals surface area contributed by atoms with Crippen LogP contribution >= 0.6 is 23.2 Å². The van der Waals surface area contributed by atoms with E-state index in [2.05, 4.69) is 12.2 Å². The Labute approximate surface area is 107 Å². The molecule has 1 unspecified atom stereocenters. The Balaban J connectivity index is 2.52.